The van der Waals surface area contributed by atoms with Crippen molar-refractivity contribution in [3.63, 3.8) is 0 Å². The van der Waals surface area contributed by atoms with Crippen LogP contribution in [0.4, 0.5) is 0 Å². The number of aryl methyl sites for hydroxylation is 1. The summed E-state index contributed by atoms with van der Waals surface area (Å²) < 4.78 is 0. The van der Waals surface area contributed by atoms with Gasteiger partial charge in [0.15, 0.2) is 5.96 Å². The van der Waals surface area contributed by atoms with Crippen LogP contribution < -0.4 is 10.6 Å². The highest BCUT2D eigenvalue weighted by Crippen LogP contribution is 2.26. The van der Waals surface area contributed by atoms with Crippen LogP contribution >= 0.6 is 11.3 Å². The van der Waals surface area contributed by atoms with Crippen LogP contribution in [0.5, 0.6) is 0 Å². The summed E-state index contributed by atoms with van der Waals surface area (Å²) in [4.78, 5) is 11.6. The number of guanidine groups is 1. The number of likely N-dealkylation sites (tertiary alicyclic amines) is 1. The molecule has 0 bridgehead atoms. The van der Waals surface area contributed by atoms with Crippen molar-refractivity contribution in [1.29, 1.82) is 0 Å². The Morgan fingerprint density at radius 3 is 2.74 bits per heavy atom. The normalized spacial score (nSPS) is 25.5. The van der Waals surface area contributed by atoms with E-state index in [2.05, 4.69) is 44.7 Å². The molecule has 0 radical (unpaired) electrons. The summed E-state index contributed by atoms with van der Waals surface area (Å²) in [5.41, 5.74) is 1.23. The molecule has 1 aromatic heterocycles. The van der Waals surface area contributed by atoms with Gasteiger partial charge >= 0.3 is 0 Å². The van der Waals surface area contributed by atoms with Crippen LogP contribution in [0, 0.1) is 18.8 Å². The van der Waals surface area contributed by atoms with Crippen LogP contribution in [0.2, 0.25) is 0 Å². The zero-order valence-corrected chi connectivity index (χ0v) is 18.2. The third kappa shape index (κ3) is 6.46. The van der Waals surface area contributed by atoms with Crippen LogP contribution in [0.1, 0.15) is 62.6 Å². The van der Waals surface area contributed by atoms with E-state index in [1.54, 1.807) is 11.3 Å². The fourth-order valence-electron chi connectivity index (χ4n) is 4.48. The van der Waals surface area contributed by atoms with Crippen LogP contribution in [0.3, 0.4) is 0 Å². The van der Waals surface area contributed by atoms with E-state index in [9.17, 15) is 0 Å². The molecule has 2 heterocycles. The van der Waals surface area contributed by atoms with Crippen LogP contribution in [-0.4, -0.2) is 48.6 Å². The first-order valence-electron chi connectivity index (χ1n) is 10.8. The maximum atomic E-state index is 4.60. The number of nitrogens with zero attached hydrogens (tertiary/aromatic N) is 3. The lowest BCUT2D eigenvalue weighted by molar-refractivity contribution is 0.176. The standard InChI is InChI=1S/C21H37N5S/c1-4-17-6-5-7-19(12-17)25-21(22-3)23-13-18-8-10-26(11-9-18)14-20-15-27-16(2)24-20/h15,17-19H,4-14H2,1-3H3,(H2,22,23,25). The Hall–Kier alpha value is -1.14. The van der Waals surface area contributed by atoms with E-state index in [4.69, 9.17) is 0 Å². The van der Waals surface area contributed by atoms with E-state index in [0.717, 1.165) is 30.9 Å². The zero-order chi connectivity index (χ0) is 19.1. The van der Waals surface area contributed by atoms with Crippen molar-refractivity contribution in [3.8, 4) is 0 Å². The highest BCUT2D eigenvalue weighted by atomic mass is 32.1. The van der Waals surface area contributed by atoms with Gasteiger partial charge in [-0.25, -0.2) is 4.98 Å². The maximum Gasteiger partial charge on any atom is 0.191 e. The second kappa shape index (κ2) is 10.4. The Morgan fingerprint density at radius 2 is 2.07 bits per heavy atom. The Bertz CT molecular complexity index is 591. The highest BCUT2D eigenvalue weighted by molar-refractivity contribution is 7.09. The van der Waals surface area contributed by atoms with Crippen molar-refractivity contribution in [2.24, 2.45) is 16.8 Å². The van der Waals surface area contributed by atoms with Crippen LogP contribution in [0.25, 0.3) is 0 Å². The number of aromatic nitrogens is 1. The predicted molar refractivity (Wildman–Crippen MR) is 115 cm³/mol. The van der Waals surface area contributed by atoms with Gasteiger partial charge in [-0.15, -0.1) is 11.3 Å². The first kappa shape index (κ1) is 20.6. The van der Waals surface area contributed by atoms with Gasteiger partial charge in [-0.3, -0.25) is 9.89 Å². The Balaban J connectivity index is 1.36. The zero-order valence-electron chi connectivity index (χ0n) is 17.3. The van der Waals surface area contributed by atoms with Crippen molar-refractivity contribution in [2.75, 3.05) is 26.7 Å². The first-order chi connectivity index (χ1) is 13.2. The van der Waals surface area contributed by atoms with Crippen molar-refractivity contribution in [1.82, 2.24) is 20.5 Å². The Kier molecular flexibility index (Phi) is 7.94. The molecule has 1 aliphatic carbocycles. The van der Waals surface area contributed by atoms with Crippen LogP contribution in [-0.2, 0) is 6.54 Å². The molecule has 0 spiro atoms. The molecule has 5 nitrogen and oxygen atoms in total. The van der Waals surface area contributed by atoms with Gasteiger partial charge in [0.2, 0.25) is 0 Å². The molecule has 0 aromatic carbocycles. The summed E-state index contributed by atoms with van der Waals surface area (Å²) in [7, 11) is 1.90. The summed E-state index contributed by atoms with van der Waals surface area (Å²) in [6.07, 6.45) is 9.16. The topological polar surface area (TPSA) is 52.6 Å². The fourth-order valence-corrected chi connectivity index (χ4v) is 5.08. The van der Waals surface area contributed by atoms with Gasteiger partial charge in [0.1, 0.15) is 0 Å². The minimum atomic E-state index is 0.596. The largest absolute Gasteiger partial charge is 0.356 e. The number of nitrogens with one attached hydrogen (secondary N) is 2. The van der Waals surface area contributed by atoms with Gasteiger partial charge in [-0.05, 0) is 57.5 Å². The summed E-state index contributed by atoms with van der Waals surface area (Å²) in [6.45, 7) is 8.80. The summed E-state index contributed by atoms with van der Waals surface area (Å²) >= 11 is 1.76. The number of hydrogen-bond acceptors (Lipinski definition) is 4. The average Bonchev–Trinajstić information content (AvgIpc) is 3.11. The lowest BCUT2D eigenvalue weighted by Gasteiger charge is -2.33. The van der Waals surface area contributed by atoms with Crippen molar-refractivity contribution < 1.29 is 0 Å². The lowest BCUT2D eigenvalue weighted by Crippen LogP contribution is -2.47. The highest BCUT2D eigenvalue weighted by Gasteiger charge is 2.23. The Labute approximate surface area is 169 Å². The second-order valence-electron chi connectivity index (χ2n) is 8.31. The van der Waals surface area contributed by atoms with E-state index < -0.39 is 0 Å². The minimum absolute atomic E-state index is 0.596. The molecule has 1 saturated heterocycles. The van der Waals surface area contributed by atoms with E-state index in [1.165, 1.54) is 68.7 Å². The molecule has 6 heteroatoms. The van der Waals surface area contributed by atoms with E-state index in [1.807, 2.05) is 7.05 Å². The first-order valence-corrected chi connectivity index (χ1v) is 11.6. The van der Waals surface area contributed by atoms with E-state index in [0.29, 0.717) is 6.04 Å². The number of piperidine rings is 1. The second-order valence-corrected chi connectivity index (χ2v) is 9.37. The molecule has 1 saturated carbocycles. The molecular formula is C21H37N5S. The monoisotopic (exact) mass is 391 g/mol. The summed E-state index contributed by atoms with van der Waals surface area (Å²) in [5.74, 6) is 2.63. The summed E-state index contributed by atoms with van der Waals surface area (Å²) in [5, 5.41) is 10.6. The molecule has 152 valence electrons. The van der Waals surface area contributed by atoms with Gasteiger partial charge in [0, 0.05) is 31.6 Å². The molecule has 27 heavy (non-hydrogen) atoms. The molecule has 2 aliphatic rings. The fraction of sp³-hybridized carbons (Fsp3) is 0.810. The van der Waals surface area contributed by atoms with Gasteiger partial charge in [-0.1, -0.05) is 26.2 Å². The number of rotatable bonds is 6. The van der Waals surface area contributed by atoms with Crippen LogP contribution in [0.15, 0.2) is 10.4 Å². The number of hydrogen-bond donors (Lipinski definition) is 2. The molecule has 2 fully saturated rings. The molecule has 1 aliphatic heterocycles. The van der Waals surface area contributed by atoms with Gasteiger partial charge < -0.3 is 10.6 Å². The Morgan fingerprint density at radius 1 is 1.26 bits per heavy atom. The van der Waals surface area contributed by atoms with Gasteiger partial charge in [-0.2, -0.15) is 0 Å². The molecule has 1 aromatic rings. The average molecular weight is 392 g/mol. The lowest BCUT2D eigenvalue weighted by atomic mass is 9.84. The van der Waals surface area contributed by atoms with Gasteiger partial charge in [0.05, 0.1) is 10.7 Å². The van der Waals surface area contributed by atoms with E-state index in [-0.39, 0.29) is 0 Å². The van der Waals surface area contributed by atoms with Crippen molar-refractivity contribution in [3.05, 3.63) is 16.1 Å². The van der Waals surface area contributed by atoms with Crippen molar-refractivity contribution in [2.45, 2.75) is 71.4 Å². The minimum Gasteiger partial charge on any atom is -0.356 e. The molecule has 0 amide bonds. The third-order valence-electron chi connectivity index (χ3n) is 6.24. The molecule has 3 rings (SSSR count). The maximum absolute atomic E-state index is 4.60. The quantitative estimate of drug-likeness (QED) is 0.572. The van der Waals surface area contributed by atoms with Gasteiger partial charge in [0.25, 0.3) is 0 Å². The third-order valence-corrected chi connectivity index (χ3v) is 7.06. The van der Waals surface area contributed by atoms with E-state index >= 15 is 0 Å². The number of thiazole rings is 1. The smallest absolute Gasteiger partial charge is 0.191 e. The summed E-state index contributed by atoms with van der Waals surface area (Å²) in [6, 6.07) is 0.596. The SMILES string of the molecule is CCC1CCCC(NC(=NC)NCC2CCN(Cc3csc(C)n3)CC2)C1. The molecule has 2 atom stereocenters. The van der Waals surface area contributed by atoms with Crippen molar-refractivity contribution >= 4 is 17.3 Å². The molecular weight excluding hydrogens is 354 g/mol. The molecule has 2 N–H and O–H groups in total. The predicted octanol–water partition coefficient (Wildman–Crippen LogP) is 3.80. The number of aliphatic imine (C=N–C) groups is 1. The molecule has 2 unspecified atom stereocenters.